The molecule has 0 saturated carbocycles. The van der Waals surface area contributed by atoms with E-state index in [2.05, 4.69) is 10.2 Å². The minimum atomic E-state index is 0.568. The van der Waals surface area contributed by atoms with Gasteiger partial charge in [-0.1, -0.05) is 29.4 Å². The van der Waals surface area contributed by atoms with Crippen LogP contribution < -0.4 is 4.74 Å². The van der Waals surface area contributed by atoms with E-state index in [4.69, 9.17) is 20.8 Å². The molecule has 22 heavy (non-hydrogen) atoms. The van der Waals surface area contributed by atoms with Gasteiger partial charge < -0.3 is 13.7 Å². The first-order valence-corrected chi connectivity index (χ1v) is 8.09. The minimum Gasteiger partial charge on any atom is -0.493 e. The highest BCUT2D eigenvalue weighted by Crippen LogP contribution is 2.19. The minimum absolute atomic E-state index is 0.568. The van der Waals surface area contributed by atoms with Crippen molar-refractivity contribution in [3.8, 4) is 5.75 Å². The van der Waals surface area contributed by atoms with Gasteiger partial charge in [-0.2, -0.15) is 0 Å². The molecule has 2 heterocycles. The summed E-state index contributed by atoms with van der Waals surface area (Å²) in [5.74, 6) is 2.41. The summed E-state index contributed by atoms with van der Waals surface area (Å²) < 4.78 is 12.9. The molecule has 0 aliphatic rings. The van der Waals surface area contributed by atoms with Crippen molar-refractivity contribution >= 4 is 23.4 Å². The van der Waals surface area contributed by atoms with Crippen LogP contribution in [0.2, 0.25) is 5.02 Å². The van der Waals surface area contributed by atoms with E-state index >= 15 is 0 Å². The largest absolute Gasteiger partial charge is 0.493 e. The van der Waals surface area contributed by atoms with E-state index in [1.807, 2.05) is 34.9 Å². The van der Waals surface area contributed by atoms with Crippen molar-refractivity contribution in [1.29, 1.82) is 0 Å². The molecule has 0 fully saturated rings. The molecule has 0 aliphatic carbocycles. The highest BCUT2D eigenvalue weighted by molar-refractivity contribution is 7.99. The van der Waals surface area contributed by atoms with Crippen molar-refractivity contribution in [1.82, 2.24) is 14.8 Å². The molecule has 0 amide bonds. The van der Waals surface area contributed by atoms with Gasteiger partial charge in [0.2, 0.25) is 0 Å². The number of halogens is 1. The fraction of sp³-hybridized carbons (Fsp3) is 0.200. The van der Waals surface area contributed by atoms with Crippen molar-refractivity contribution in [2.45, 2.75) is 11.7 Å². The summed E-state index contributed by atoms with van der Waals surface area (Å²) in [4.78, 5) is 0. The van der Waals surface area contributed by atoms with E-state index < -0.39 is 0 Å². The maximum Gasteiger partial charge on any atom is 0.191 e. The van der Waals surface area contributed by atoms with E-state index in [1.165, 1.54) is 0 Å². The van der Waals surface area contributed by atoms with Gasteiger partial charge in [-0.25, -0.2) is 0 Å². The quantitative estimate of drug-likeness (QED) is 0.486. The second-order valence-corrected chi connectivity index (χ2v) is 5.97. The summed E-state index contributed by atoms with van der Waals surface area (Å²) in [6.07, 6.45) is 3.36. The lowest BCUT2D eigenvalue weighted by Crippen LogP contribution is -2.03. The van der Waals surface area contributed by atoms with Crippen molar-refractivity contribution < 1.29 is 9.15 Å². The van der Waals surface area contributed by atoms with Crippen molar-refractivity contribution in [3.63, 3.8) is 0 Å². The third-order valence-corrected chi connectivity index (χ3v) is 4.05. The molecule has 0 N–H and O–H groups in total. The SMILES string of the molecule is Clc1cccc(OCCSc2nncn2Cc2ccco2)c1. The number of benzene rings is 1. The Morgan fingerprint density at radius 3 is 3.05 bits per heavy atom. The molecule has 0 radical (unpaired) electrons. The first kappa shape index (κ1) is 15.0. The zero-order chi connectivity index (χ0) is 15.2. The van der Waals surface area contributed by atoms with Gasteiger partial charge in [0.05, 0.1) is 19.4 Å². The van der Waals surface area contributed by atoms with Crippen LogP contribution in [-0.2, 0) is 6.54 Å². The molecule has 3 aromatic rings. The second kappa shape index (κ2) is 7.38. The molecular formula is C15H14ClN3O2S. The Labute approximate surface area is 137 Å². The number of ether oxygens (including phenoxy) is 1. The maximum absolute atomic E-state index is 5.91. The third-order valence-electron chi connectivity index (χ3n) is 2.87. The van der Waals surface area contributed by atoms with Crippen LogP contribution in [-0.4, -0.2) is 27.1 Å². The molecule has 0 aliphatic heterocycles. The summed E-state index contributed by atoms with van der Waals surface area (Å²) in [7, 11) is 0. The molecule has 3 rings (SSSR count). The fourth-order valence-corrected chi connectivity index (χ4v) is 2.80. The van der Waals surface area contributed by atoms with Gasteiger partial charge >= 0.3 is 0 Å². The van der Waals surface area contributed by atoms with Gasteiger partial charge in [-0.3, -0.25) is 0 Å². The fourth-order valence-electron chi connectivity index (χ4n) is 1.88. The van der Waals surface area contributed by atoms with Crippen molar-refractivity contribution in [2.24, 2.45) is 0 Å². The van der Waals surface area contributed by atoms with Crippen LogP contribution in [0.3, 0.4) is 0 Å². The number of hydrogen-bond acceptors (Lipinski definition) is 5. The van der Waals surface area contributed by atoms with E-state index in [-0.39, 0.29) is 0 Å². The van der Waals surface area contributed by atoms with Gasteiger partial charge in [0.15, 0.2) is 5.16 Å². The van der Waals surface area contributed by atoms with Crippen molar-refractivity contribution in [2.75, 3.05) is 12.4 Å². The monoisotopic (exact) mass is 335 g/mol. The van der Waals surface area contributed by atoms with Crippen LogP contribution in [0.25, 0.3) is 0 Å². The van der Waals surface area contributed by atoms with E-state index in [0.29, 0.717) is 18.2 Å². The summed E-state index contributed by atoms with van der Waals surface area (Å²) in [5.41, 5.74) is 0. The summed E-state index contributed by atoms with van der Waals surface area (Å²) >= 11 is 7.50. The van der Waals surface area contributed by atoms with Crippen LogP contribution in [0.1, 0.15) is 5.76 Å². The van der Waals surface area contributed by atoms with Crippen LogP contribution >= 0.6 is 23.4 Å². The first-order valence-electron chi connectivity index (χ1n) is 6.72. The summed E-state index contributed by atoms with van der Waals surface area (Å²) in [5, 5.41) is 9.57. The molecule has 0 bridgehead atoms. The van der Waals surface area contributed by atoms with Gasteiger partial charge in [-0.05, 0) is 30.3 Å². The Hall–Kier alpha value is -1.92. The Morgan fingerprint density at radius 1 is 1.27 bits per heavy atom. The lowest BCUT2D eigenvalue weighted by Gasteiger charge is -2.07. The van der Waals surface area contributed by atoms with Gasteiger partial charge in [0.25, 0.3) is 0 Å². The lowest BCUT2D eigenvalue weighted by atomic mass is 10.3. The van der Waals surface area contributed by atoms with Gasteiger partial charge in [0.1, 0.15) is 17.8 Å². The Morgan fingerprint density at radius 2 is 2.23 bits per heavy atom. The second-order valence-electron chi connectivity index (χ2n) is 4.48. The zero-order valence-corrected chi connectivity index (χ0v) is 13.3. The van der Waals surface area contributed by atoms with Gasteiger partial charge in [-0.15, -0.1) is 10.2 Å². The maximum atomic E-state index is 5.91. The molecule has 0 spiro atoms. The third kappa shape index (κ3) is 4.05. The van der Waals surface area contributed by atoms with Crippen LogP contribution in [0.15, 0.2) is 58.6 Å². The zero-order valence-electron chi connectivity index (χ0n) is 11.7. The van der Waals surface area contributed by atoms with E-state index in [9.17, 15) is 0 Å². The smallest absolute Gasteiger partial charge is 0.191 e. The Kier molecular flexibility index (Phi) is 5.03. The Balaban J connectivity index is 1.49. The summed E-state index contributed by atoms with van der Waals surface area (Å²) in [6, 6.07) is 11.2. The summed E-state index contributed by atoms with van der Waals surface area (Å²) in [6.45, 7) is 1.19. The predicted octanol–water partition coefficient (Wildman–Crippen LogP) is 3.74. The van der Waals surface area contributed by atoms with Crippen LogP contribution in [0.4, 0.5) is 0 Å². The highest BCUT2D eigenvalue weighted by Gasteiger charge is 2.07. The Bertz CT molecular complexity index is 715. The normalized spacial score (nSPS) is 10.8. The number of furan rings is 1. The molecule has 2 aromatic heterocycles. The topological polar surface area (TPSA) is 53.1 Å². The number of hydrogen-bond donors (Lipinski definition) is 0. The number of thioether (sulfide) groups is 1. The lowest BCUT2D eigenvalue weighted by molar-refractivity contribution is 0.344. The van der Waals surface area contributed by atoms with E-state index in [0.717, 1.165) is 22.4 Å². The van der Waals surface area contributed by atoms with Crippen molar-refractivity contribution in [3.05, 3.63) is 59.8 Å². The van der Waals surface area contributed by atoms with Gasteiger partial charge in [0, 0.05) is 10.8 Å². The number of rotatable bonds is 7. The van der Waals surface area contributed by atoms with E-state index in [1.54, 1.807) is 30.4 Å². The molecule has 0 saturated heterocycles. The molecule has 1 aromatic carbocycles. The number of nitrogens with zero attached hydrogens (tertiary/aromatic N) is 3. The standard InChI is InChI=1S/C15H14ClN3O2S/c16-12-3-1-4-13(9-12)21-7-8-22-15-18-17-11-19(15)10-14-5-2-6-20-14/h1-6,9,11H,7-8,10H2. The van der Waals surface area contributed by atoms with Crippen LogP contribution in [0, 0.1) is 0 Å². The number of aromatic nitrogens is 3. The van der Waals surface area contributed by atoms with Crippen LogP contribution in [0.5, 0.6) is 5.75 Å². The highest BCUT2D eigenvalue weighted by atomic mass is 35.5. The molecule has 0 unspecified atom stereocenters. The molecule has 114 valence electrons. The molecule has 5 nitrogen and oxygen atoms in total. The predicted molar refractivity (Wildman–Crippen MR) is 85.5 cm³/mol. The molecule has 0 atom stereocenters. The molecule has 7 heteroatoms. The molecular weight excluding hydrogens is 322 g/mol. The average Bonchev–Trinajstić information content (AvgIpc) is 3.16. The average molecular weight is 336 g/mol. The first-order chi connectivity index (χ1) is 10.8.